The number of amides is 1. The van der Waals surface area contributed by atoms with Gasteiger partial charge in [0.25, 0.3) is 0 Å². The van der Waals surface area contributed by atoms with Crippen LogP contribution in [0.4, 0.5) is 4.39 Å². The van der Waals surface area contributed by atoms with Crippen LogP contribution in [0.15, 0.2) is 24.3 Å². The minimum atomic E-state index is -0.589. The van der Waals surface area contributed by atoms with E-state index in [0.29, 0.717) is 12.0 Å². The molecule has 0 aliphatic rings. The van der Waals surface area contributed by atoms with Crippen LogP contribution in [0.3, 0.4) is 0 Å². The minimum Gasteiger partial charge on any atom is -0.469 e. The number of ether oxygens (including phenoxy) is 1. The van der Waals surface area contributed by atoms with Crippen molar-refractivity contribution >= 4 is 11.9 Å². The molecule has 5 heteroatoms. The number of methoxy groups -OCH3 is 1. The van der Waals surface area contributed by atoms with Gasteiger partial charge in [0.05, 0.1) is 7.11 Å². The summed E-state index contributed by atoms with van der Waals surface area (Å²) in [5, 5.41) is 2.52. The molecule has 17 heavy (non-hydrogen) atoms. The molecule has 0 fully saturated rings. The fraction of sp³-hybridized carbons (Fsp3) is 0.333. The van der Waals surface area contributed by atoms with Gasteiger partial charge in [-0.1, -0.05) is 18.2 Å². The highest BCUT2D eigenvalue weighted by Crippen LogP contribution is 2.06. The molecule has 0 aliphatic heterocycles. The van der Waals surface area contributed by atoms with E-state index in [0.717, 1.165) is 0 Å². The number of hydrogen-bond acceptors (Lipinski definition) is 3. The van der Waals surface area contributed by atoms with Crippen molar-refractivity contribution in [2.75, 3.05) is 13.7 Å². The summed E-state index contributed by atoms with van der Waals surface area (Å²) in [5.41, 5.74) is 0.533. The summed E-state index contributed by atoms with van der Waals surface area (Å²) in [6, 6.07) is 6.36. The lowest BCUT2D eigenvalue weighted by molar-refractivity contribution is -0.143. The Hall–Kier alpha value is -1.91. The SMILES string of the molecule is COC(=O)CC(=O)NCCc1ccccc1F. The largest absolute Gasteiger partial charge is 0.469 e. The second-order valence-corrected chi connectivity index (χ2v) is 3.44. The van der Waals surface area contributed by atoms with Crippen LogP contribution < -0.4 is 5.32 Å². The van der Waals surface area contributed by atoms with E-state index in [2.05, 4.69) is 10.1 Å². The van der Waals surface area contributed by atoms with Gasteiger partial charge in [0.15, 0.2) is 0 Å². The quantitative estimate of drug-likeness (QED) is 0.617. The number of carbonyl (C=O) groups excluding carboxylic acids is 2. The van der Waals surface area contributed by atoms with Gasteiger partial charge < -0.3 is 10.1 Å². The topological polar surface area (TPSA) is 55.4 Å². The first kappa shape index (κ1) is 13.2. The Balaban J connectivity index is 2.31. The van der Waals surface area contributed by atoms with Crippen LogP contribution in [0.5, 0.6) is 0 Å². The molecule has 0 heterocycles. The maximum absolute atomic E-state index is 13.2. The molecule has 1 rings (SSSR count). The van der Waals surface area contributed by atoms with Crippen molar-refractivity contribution in [2.24, 2.45) is 0 Å². The van der Waals surface area contributed by atoms with Gasteiger partial charge in [0.1, 0.15) is 12.2 Å². The van der Waals surface area contributed by atoms with E-state index < -0.39 is 11.9 Å². The number of carbonyl (C=O) groups is 2. The van der Waals surface area contributed by atoms with Crippen molar-refractivity contribution in [3.05, 3.63) is 35.6 Å². The van der Waals surface area contributed by atoms with Gasteiger partial charge in [0.2, 0.25) is 5.91 Å². The zero-order chi connectivity index (χ0) is 12.7. The molecular weight excluding hydrogens is 225 g/mol. The van der Waals surface area contributed by atoms with E-state index in [1.165, 1.54) is 13.2 Å². The highest BCUT2D eigenvalue weighted by Gasteiger charge is 2.08. The van der Waals surface area contributed by atoms with Crippen LogP contribution in [-0.2, 0) is 20.7 Å². The highest BCUT2D eigenvalue weighted by atomic mass is 19.1. The van der Waals surface area contributed by atoms with Crippen LogP contribution in [-0.4, -0.2) is 25.5 Å². The Morgan fingerprint density at radius 1 is 1.35 bits per heavy atom. The molecule has 0 aromatic heterocycles. The maximum atomic E-state index is 13.2. The van der Waals surface area contributed by atoms with Crippen LogP contribution in [0, 0.1) is 5.82 Å². The van der Waals surface area contributed by atoms with Gasteiger partial charge in [-0.05, 0) is 18.1 Å². The minimum absolute atomic E-state index is 0.288. The summed E-state index contributed by atoms with van der Waals surface area (Å²) in [5.74, 6) is -1.31. The Bertz CT molecular complexity index is 406. The number of halogens is 1. The Labute approximate surface area is 98.8 Å². The second-order valence-electron chi connectivity index (χ2n) is 3.44. The third-order valence-corrected chi connectivity index (χ3v) is 2.21. The maximum Gasteiger partial charge on any atom is 0.315 e. The molecular formula is C12H14FNO3. The zero-order valence-corrected chi connectivity index (χ0v) is 9.53. The Kier molecular flexibility index (Phi) is 5.13. The van der Waals surface area contributed by atoms with E-state index in [1.807, 2.05) is 0 Å². The van der Waals surface area contributed by atoms with Crippen LogP contribution in [0.2, 0.25) is 0 Å². The third kappa shape index (κ3) is 4.63. The average Bonchev–Trinajstić information content (AvgIpc) is 2.31. The lowest BCUT2D eigenvalue weighted by atomic mass is 10.1. The summed E-state index contributed by atoms with van der Waals surface area (Å²) in [6.45, 7) is 0.288. The third-order valence-electron chi connectivity index (χ3n) is 2.21. The fourth-order valence-electron chi connectivity index (χ4n) is 1.30. The average molecular weight is 239 g/mol. The zero-order valence-electron chi connectivity index (χ0n) is 9.53. The van der Waals surface area contributed by atoms with Crippen molar-refractivity contribution in [1.82, 2.24) is 5.32 Å². The molecule has 0 atom stereocenters. The number of nitrogens with one attached hydrogen (secondary N) is 1. The van der Waals surface area contributed by atoms with Gasteiger partial charge in [-0.25, -0.2) is 4.39 Å². The summed E-state index contributed by atoms with van der Waals surface area (Å²) < 4.78 is 17.5. The van der Waals surface area contributed by atoms with Crippen LogP contribution >= 0.6 is 0 Å². The first-order valence-electron chi connectivity index (χ1n) is 5.20. The molecule has 92 valence electrons. The number of rotatable bonds is 5. The normalized spacial score (nSPS) is 9.76. The summed E-state index contributed by atoms with van der Waals surface area (Å²) in [4.78, 5) is 21.9. The number of esters is 1. The molecule has 1 N–H and O–H groups in total. The van der Waals surface area contributed by atoms with Gasteiger partial charge in [-0.2, -0.15) is 0 Å². The molecule has 0 unspecified atom stereocenters. The summed E-state index contributed by atoms with van der Waals surface area (Å²) in [6.07, 6.45) is 0.0767. The lowest BCUT2D eigenvalue weighted by Crippen LogP contribution is -2.28. The molecule has 1 aromatic rings. The Morgan fingerprint density at radius 2 is 2.06 bits per heavy atom. The fourth-order valence-corrected chi connectivity index (χ4v) is 1.30. The Morgan fingerprint density at radius 3 is 2.71 bits per heavy atom. The van der Waals surface area contributed by atoms with Crippen LogP contribution in [0.1, 0.15) is 12.0 Å². The van der Waals surface area contributed by atoms with E-state index in [1.54, 1.807) is 18.2 Å². The summed E-state index contributed by atoms with van der Waals surface area (Å²) >= 11 is 0. The predicted molar refractivity (Wildman–Crippen MR) is 59.7 cm³/mol. The monoisotopic (exact) mass is 239 g/mol. The molecule has 0 aliphatic carbocycles. The molecule has 0 saturated heterocycles. The van der Waals surface area contributed by atoms with E-state index >= 15 is 0 Å². The van der Waals surface area contributed by atoms with Crippen molar-refractivity contribution in [2.45, 2.75) is 12.8 Å². The summed E-state index contributed by atoms with van der Waals surface area (Å²) in [7, 11) is 1.22. The molecule has 0 radical (unpaired) electrons. The molecule has 0 saturated carbocycles. The van der Waals surface area contributed by atoms with Gasteiger partial charge in [0, 0.05) is 6.54 Å². The molecule has 0 bridgehead atoms. The van der Waals surface area contributed by atoms with Gasteiger partial charge >= 0.3 is 5.97 Å². The first-order valence-corrected chi connectivity index (χ1v) is 5.20. The molecule has 4 nitrogen and oxygen atoms in total. The van der Waals surface area contributed by atoms with Gasteiger partial charge in [-0.15, -0.1) is 0 Å². The predicted octanol–water partition coefficient (Wildman–Crippen LogP) is 1.05. The molecule has 0 spiro atoms. The van der Waals surface area contributed by atoms with Gasteiger partial charge in [-0.3, -0.25) is 9.59 Å². The van der Waals surface area contributed by atoms with E-state index in [9.17, 15) is 14.0 Å². The van der Waals surface area contributed by atoms with E-state index in [-0.39, 0.29) is 18.8 Å². The molecule has 1 aromatic carbocycles. The standard InChI is InChI=1S/C12H14FNO3/c1-17-12(16)8-11(15)14-7-6-9-4-2-3-5-10(9)13/h2-5H,6-8H2,1H3,(H,14,15). The molecule has 1 amide bonds. The smallest absolute Gasteiger partial charge is 0.315 e. The van der Waals surface area contributed by atoms with Crippen molar-refractivity contribution in [3.63, 3.8) is 0 Å². The lowest BCUT2D eigenvalue weighted by Gasteiger charge is -2.05. The second kappa shape index (κ2) is 6.62. The first-order chi connectivity index (χ1) is 8.13. The van der Waals surface area contributed by atoms with Crippen molar-refractivity contribution in [1.29, 1.82) is 0 Å². The highest BCUT2D eigenvalue weighted by molar-refractivity contribution is 5.94. The van der Waals surface area contributed by atoms with E-state index in [4.69, 9.17) is 0 Å². The van der Waals surface area contributed by atoms with Crippen molar-refractivity contribution < 1.29 is 18.7 Å². The van der Waals surface area contributed by atoms with Crippen molar-refractivity contribution in [3.8, 4) is 0 Å². The van der Waals surface area contributed by atoms with Crippen LogP contribution in [0.25, 0.3) is 0 Å². The number of hydrogen-bond donors (Lipinski definition) is 1. The number of benzene rings is 1.